The molecule has 0 aliphatic carbocycles. The molecule has 1 rings (SSSR count). The van der Waals surface area contributed by atoms with Gasteiger partial charge in [-0.1, -0.05) is 22.8 Å². The summed E-state index contributed by atoms with van der Waals surface area (Å²) in [7, 11) is 0. The van der Waals surface area contributed by atoms with Gasteiger partial charge in [0.15, 0.2) is 5.82 Å². The smallest absolute Gasteiger partial charge is 0.165 e. The number of hydrogen-bond donors (Lipinski definition) is 3. The molecule has 18 heavy (non-hydrogen) atoms. The van der Waals surface area contributed by atoms with Gasteiger partial charge in [0.2, 0.25) is 0 Å². The highest BCUT2D eigenvalue weighted by atomic mass is 35.5. The number of hydrogen-bond acceptors (Lipinski definition) is 4. The second kappa shape index (κ2) is 6.42. The fourth-order valence-corrected chi connectivity index (χ4v) is 1.69. The first-order valence-electron chi connectivity index (χ1n) is 5.09. The summed E-state index contributed by atoms with van der Waals surface area (Å²) in [5.74, 6) is -0.838. The average molecular weight is 275 g/mol. The van der Waals surface area contributed by atoms with Gasteiger partial charge in [-0.05, 0) is 18.0 Å². The average Bonchev–Trinajstić information content (AvgIpc) is 2.35. The van der Waals surface area contributed by atoms with Crippen molar-refractivity contribution in [1.29, 1.82) is 0 Å². The molecule has 0 aromatic heterocycles. The highest BCUT2D eigenvalue weighted by molar-refractivity contribution is 6.31. The zero-order valence-electron chi connectivity index (χ0n) is 9.29. The first kappa shape index (κ1) is 14.5. The summed E-state index contributed by atoms with van der Waals surface area (Å²) in [6, 6.07) is 2.59. The van der Waals surface area contributed by atoms with Crippen LogP contribution in [0.15, 0.2) is 17.2 Å². The van der Waals surface area contributed by atoms with Crippen LogP contribution in [0.25, 0.3) is 10.4 Å². The van der Waals surface area contributed by atoms with E-state index in [0.717, 1.165) is 0 Å². The van der Waals surface area contributed by atoms with Gasteiger partial charge in [-0.2, -0.15) is 0 Å². The van der Waals surface area contributed by atoms with Crippen molar-refractivity contribution in [3.05, 3.63) is 39.0 Å². The molecule has 0 fully saturated rings. The zero-order valence-corrected chi connectivity index (χ0v) is 10.0. The van der Waals surface area contributed by atoms with Crippen molar-refractivity contribution in [2.75, 3.05) is 12.3 Å². The van der Waals surface area contributed by atoms with Crippen molar-refractivity contribution < 1.29 is 14.6 Å². The van der Waals surface area contributed by atoms with Crippen LogP contribution >= 0.6 is 11.6 Å². The molecule has 0 amide bonds. The zero-order chi connectivity index (χ0) is 13.7. The Kier molecular flexibility index (Phi) is 5.18. The lowest BCUT2D eigenvalue weighted by Crippen LogP contribution is -2.20. The Hall–Kier alpha value is -1.53. The molecule has 0 saturated carbocycles. The summed E-state index contributed by atoms with van der Waals surface area (Å²) in [6.07, 6.45) is -2.55. The number of aliphatic hydroxyl groups excluding tert-OH is 2. The maximum Gasteiger partial charge on any atom is 0.165 e. The molecule has 4 N–H and O–H groups in total. The van der Waals surface area contributed by atoms with Gasteiger partial charge in [0.25, 0.3) is 0 Å². The molecule has 1 aromatic rings. The molecule has 2 atom stereocenters. The standard InChI is InChI=1S/C10H12ClFN4O2/c11-8-5(1-2-6(13)9(8)12)10(18)7(17)3-4-15-16-14/h1-2,7,10,17-18H,3-4,13H2. The molecule has 0 spiro atoms. The molecule has 0 saturated heterocycles. The van der Waals surface area contributed by atoms with Crippen LogP contribution in [0.2, 0.25) is 5.02 Å². The molecule has 0 aliphatic heterocycles. The second-order valence-corrected chi connectivity index (χ2v) is 4.01. The third-order valence-electron chi connectivity index (χ3n) is 2.41. The van der Waals surface area contributed by atoms with E-state index in [-0.39, 0.29) is 29.2 Å². The summed E-state index contributed by atoms with van der Waals surface area (Å²) in [6.45, 7) is 0.0177. The summed E-state index contributed by atoms with van der Waals surface area (Å²) in [5.41, 5.74) is 13.3. The maximum absolute atomic E-state index is 13.4. The summed E-state index contributed by atoms with van der Waals surface area (Å²) in [4.78, 5) is 2.51. The van der Waals surface area contributed by atoms with Gasteiger partial charge in [-0.25, -0.2) is 4.39 Å². The molecule has 0 bridgehead atoms. The van der Waals surface area contributed by atoms with Crippen molar-refractivity contribution in [3.63, 3.8) is 0 Å². The van der Waals surface area contributed by atoms with E-state index in [0.29, 0.717) is 0 Å². The van der Waals surface area contributed by atoms with E-state index in [1.807, 2.05) is 0 Å². The minimum atomic E-state index is -1.37. The molecule has 6 nitrogen and oxygen atoms in total. The number of nitrogens with two attached hydrogens (primary N) is 1. The Morgan fingerprint density at radius 3 is 2.78 bits per heavy atom. The van der Waals surface area contributed by atoms with E-state index in [1.54, 1.807) is 0 Å². The van der Waals surface area contributed by atoms with Gasteiger partial charge in [-0.3, -0.25) is 0 Å². The van der Waals surface area contributed by atoms with Crippen LogP contribution in [0.1, 0.15) is 18.1 Å². The van der Waals surface area contributed by atoms with Crippen LogP contribution in [0.3, 0.4) is 0 Å². The molecule has 98 valence electrons. The number of nitrogen functional groups attached to an aromatic ring is 1. The second-order valence-electron chi connectivity index (χ2n) is 3.63. The van der Waals surface area contributed by atoms with Crippen molar-refractivity contribution in [1.82, 2.24) is 0 Å². The topological polar surface area (TPSA) is 115 Å². The fourth-order valence-electron chi connectivity index (χ4n) is 1.41. The number of rotatable bonds is 5. The molecule has 2 unspecified atom stereocenters. The summed E-state index contributed by atoms with van der Waals surface area (Å²) < 4.78 is 13.4. The monoisotopic (exact) mass is 274 g/mol. The lowest BCUT2D eigenvalue weighted by molar-refractivity contribution is 0.0149. The molecule has 0 aliphatic rings. The largest absolute Gasteiger partial charge is 0.396 e. The highest BCUT2D eigenvalue weighted by Crippen LogP contribution is 2.31. The third kappa shape index (κ3) is 3.24. The molecule has 0 heterocycles. The SMILES string of the molecule is [N-]=[N+]=NCCC(O)C(O)c1ccc(N)c(F)c1Cl. The van der Waals surface area contributed by atoms with Crippen molar-refractivity contribution in [2.45, 2.75) is 18.6 Å². The molecule has 0 radical (unpaired) electrons. The normalized spacial score (nSPS) is 13.8. The van der Waals surface area contributed by atoms with Gasteiger partial charge in [-0.15, -0.1) is 0 Å². The lowest BCUT2D eigenvalue weighted by Gasteiger charge is -2.19. The Morgan fingerprint density at radius 2 is 2.17 bits per heavy atom. The Balaban J connectivity index is 2.86. The molecular formula is C10H12ClFN4O2. The van der Waals surface area contributed by atoms with Gasteiger partial charge < -0.3 is 15.9 Å². The predicted molar refractivity (Wildman–Crippen MR) is 65.4 cm³/mol. The number of aliphatic hydroxyl groups is 2. The number of nitrogens with zero attached hydrogens (tertiary/aromatic N) is 3. The van der Waals surface area contributed by atoms with Gasteiger partial charge in [0, 0.05) is 17.0 Å². The van der Waals surface area contributed by atoms with E-state index in [2.05, 4.69) is 10.0 Å². The molecular weight excluding hydrogens is 263 g/mol. The van der Waals surface area contributed by atoms with Crippen molar-refractivity contribution >= 4 is 17.3 Å². The minimum Gasteiger partial charge on any atom is -0.396 e. The van der Waals surface area contributed by atoms with E-state index in [1.165, 1.54) is 12.1 Å². The van der Waals surface area contributed by atoms with Gasteiger partial charge in [0.05, 0.1) is 16.8 Å². The first-order chi connectivity index (χ1) is 8.49. The summed E-state index contributed by atoms with van der Waals surface area (Å²) in [5, 5.41) is 22.3. The van der Waals surface area contributed by atoms with Gasteiger partial charge >= 0.3 is 0 Å². The Morgan fingerprint density at radius 1 is 1.50 bits per heavy atom. The van der Waals surface area contributed by atoms with E-state index < -0.39 is 18.0 Å². The van der Waals surface area contributed by atoms with E-state index >= 15 is 0 Å². The Labute approximate surface area is 107 Å². The number of anilines is 1. The van der Waals surface area contributed by atoms with Crippen molar-refractivity contribution in [3.8, 4) is 0 Å². The number of azide groups is 1. The highest BCUT2D eigenvalue weighted by Gasteiger charge is 2.22. The number of halogens is 2. The van der Waals surface area contributed by atoms with Crippen LogP contribution in [0, 0.1) is 5.82 Å². The summed E-state index contributed by atoms with van der Waals surface area (Å²) >= 11 is 5.69. The fraction of sp³-hybridized carbons (Fsp3) is 0.400. The predicted octanol–water partition coefficient (Wildman–Crippen LogP) is 2.16. The lowest BCUT2D eigenvalue weighted by atomic mass is 10.0. The molecule has 1 aromatic carbocycles. The van der Waals surface area contributed by atoms with Crippen LogP contribution in [0.4, 0.5) is 10.1 Å². The number of benzene rings is 1. The van der Waals surface area contributed by atoms with Gasteiger partial charge in [0.1, 0.15) is 6.10 Å². The maximum atomic E-state index is 13.4. The minimum absolute atomic E-state index is 0.0177. The Bertz CT molecular complexity index is 479. The molecule has 8 heteroatoms. The first-order valence-corrected chi connectivity index (χ1v) is 5.47. The van der Waals surface area contributed by atoms with E-state index in [9.17, 15) is 14.6 Å². The van der Waals surface area contributed by atoms with Crippen LogP contribution in [0.5, 0.6) is 0 Å². The van der Waals surface area contributed by atoms with Crippen LogP contribution < -0.4 is 5.73 Å². The third-order valence-corrected chi connectivity index (χ3v) is 2.80. The van der Waals surface area contributed by atoms with Crippen molar-refractivity contribution in [2.24, 2.45) is 5.11 Å². The van der Waals surface area contributed by atoms with Crippen LogP contribution in [-0.2, 0) is 0 Å². The van der Waals surface area contributed by atoms with Crippen LogP contribution in [-0.4, -0.2) is 22.9 Å². The van der Waals surface area contributed by atoms with E-state index in [4.69, 9.17) is 22.9 Å². The quantitative estimate of drug-likeness (QED) is 0.331.